The third-order valence-corrected chi connectivity index (χ3v) is 4.82. The summed E-state index contributed by atoms with van der Waals surface area (Å²) >= 11 is 0. The maximum absolute atomic E-state index is 12.5. The van der Waals surface area contributed by atoms with Gasteiger partial charge in [-0.1, -0.05) is 0 Å². The first-order valence-corrected chi connectivity index (χ1v) is 7.39. The Kier molecular flexibility index (Phi) is 3.42. The molecule has 1 aliphatic carbocycles. The van der Waals surface area contributed by atoms with Gasteiger partial charge in [0.15, 0.2) is 0 Å². The van der Waals surface area contributed by atoms with E-state index in [-0.39, 0.29) is 11.7 Å². The summed E-state index contributed by atoms with van der Waals surface area (Å²) in [4.78, 5) is 14.5. The second-order valence-corrected chi connectivity index (χ2v) is 6.30. The smallest absolute Gasteiger partial charge is 0.253 e. The van der Waals surface area contributed by atoms with Crippen LogP contribution < -0.4 is 5.73 Å². The predicted octanol–water partition coefficient (Wildman–Crippen LogP) is 1.90. The summed E-state index contributed by atoms with van der Waals surface area (Å²) in [7, 11) is 0. The minimum absolute atomic E-state index is 0.0797. The molecule has 0 bridgehead atoms. The Bertz CT molecular complexity index is 529. The number of nitrogens with two attached hydrogens (primary N) is 1. The molecule has 1 saturated heterocycles. The van der Waals surface area contributed by atoms with E-state index in [1.54, 1.807) is 18.2 Å². The number of rotatable bonds is 1. The molecule has 108 valence electrons. The number of hydrogen-bond donors (Lipinski definition) is 2. The van der Waals surface area contributed by atoms with Gasteiger partial charge in [-0.15, -0.1) is 0 Å². The lowest BCUT2D eigenvalue weighted by Crippen LogP contribution is -2.32. The fourth-order valence-electron chi connectivity index (χ4n) is 3.60. The summed E-state index contributed by atoms with van der Waals surface area (Å²) < 4.78 is 0. The second-order valence-electron chi connectivity index (χ2n) is 6.30. The van der Waals surface area contributed by atoms with Crippen molar-refractivity contribution in [3.63, 3.8) is 0 Å². The first-order valence-electron chi connectivity index (χ1n) is 7.39. The molecule has 1 saturated carbocycles. The molecule has 1 aromatic rings. The normalized spacial score (nSPS) is 29.3. The molecule has 1 aliphatic heterocycles. The van der Waals surface area contributed by atoms with E-state index in [2.05, 4.69) is 0 Å². The molecule has 1 unspecified atom stereocenters. The lowest BCUT2D eigenvalue weighted by atomic mass is 9.79. The Balaban J connectivity index is 1.73. The Morgan fingerprint density at radius 3 is 2.80 bits per heavy atom. The fraction of sp³-hybridized carbons (Fsp3) is 0.562. The molecule has 1 aromatic carbocycles. The van der Waals surface area contributed by atoms with Crippen molar-refractivity contribution in [2.24, 2.45) is 17.6 Å². The molecule has 0 aromatic heterocycles. The van der Waals surface area contributed by atoms with Crippen LogP contribution in [-0.4, -0.2) is 35.0 Å². The zero-order chi connectivity index (χ0) is 14.3. The SMILES string of the molecule is Cc1cc(C(=O)N2C[C@H]3CCC(N)C[C@H]3C2)ccc1O. The maximum atomic E-state index is 12.5. The number of nitrogens with zero attached hydrogens (tertiary/aromatic N) is 1. The van der Waals surface area contributed by atoms with Gasteiger partial charge in [-0.2, -0.15) is 0 Å². The van der Waals surface area contributed by atoms with E-state index in [1.807, 2.05) is 11.8 Å². The molecule has 4 heteroatoms. The number of hydrogen-bond acceptors (Lipinski definition) is 3. The molecular formula is C16H22N2O2. The Morgan fingerprint density at radius 2 is 2.05 bits per heavy atom. The highest BCUT2D eigenvalue weighted by atomic mass is 16.3. The van der Waals surface area contributed by atoms with Crippen LogP contribution in [0.5, 0.6) is 5.75 Å². The third kappa shape index (κ3) is 2.40. The third-order valence-electron chi connectivity index (χ3n) is 4.82. The molecule has 1 heterocycles. The standard InChI is InChI=1S/C16H22N2O2/c1-10-6-11(3-5-15(10)19)16(20)18-8-12-2-4-14(17)7-13(12)9-18/h3,5-6,12-14,19H,2,4,7-9,17H2,1H3/t12-,13+,14?/m1/s1. The first kappa shape index (κ1) is 13.4. The number of phenolic OH excluding ortho intramolecular Hbond substituents is 1. The lowest BCUT2D eigenvalue weighted by molar-refractivity contribution is 0.0784. The van der Waals surface area contributed by atoms with Crippen molar-refractivity contribution in [3.05, 3.63) is 29.3 Å². The van der Waals surface area contributed by atoms with E-state index in [9.17, 15) is 9.90 Å². The van der Waals surface area contributed by atoms with Crippen molar-refractivity contribution in [2.75, 3.05) is 13.1 Å². The number of likely N-dealkylation sites (tertiary alicyclic amines) is 1. The number of carbonyl (C=O) groups excluding carboxylic acids is 1. The number of amides is 1. The van der Waals surface area contributed by atoms with Gasteiger partial charge in [-0.3, -0.25) is 4.79 Å². The summed E-state index contributed by atoms with van der Waals surface area (Å²) in [6.07, 6.45) is 3.27. The minimum atomic E-state index is 0.0797. The van der Waals surface area contributed by atoms with Gasteiger partial charge in [0.2, 0.25) is 0 Å². The van der Waals surface area contributed by atoms with Crippen LogP contribution in [-0.2, 0) is 0 Å². The average molecular weight is 274 g/mol. The van der Waals surface area contributed by atoms with E-state index in [0.29, 0.717) is 23.4 Å². The van der Waals surface area contributed by atoms with Gasteiger partial charge in [-0.05, 0) is 61.8 Å². The summed E-state index contributed by atoms with van der Waals surface area (Å²) in [5.41, 5.74) is 7.44. The van der Waals surface area contributed by atoms with Crippen LogP contribution >= 0.6 is 0 Å². The number of fused-ring (bicyclic) bond motifs is 1. The fourth-order valence-corrected chi connectivity index (χ4v) is 3.60. The zero-order valence-electron chi connectivity index (χ0n) is 11.9. The lowest BCUT2D eigenvalue weighted by Gasteiger charge is -2.27. The minimum Gasteiger partial charge on any atom is -0.508 e. The zero-order valence-corrected chi connectivity index (χ0v) is 11.9. The molecule has 20 heavy (non-hydrogen) atoms. The van der Waals surface area contributed by atoms with Crippen molar-refractivity contribution in [3.8, 4) is 5.75 Å². The summed E-state index contributed by atoms with van der Waals surface area (Å²) in [5.74, 6) is 1.51. The first-order chi connectivity index (χ1) is 9.54. The van der Waals surface area contributed by atoms with Crippen LogP contribution in [0.15, 0.2) is 18.2 Å². The van der Waals surface area contributed by atoms with E-state index in [1.165, 1.54) is 0 Å². The molecule has 0 radical (unpaired) electrons. The Hall–Kier alpha value is -1.55. The number of aromatic hydroxyl groups is 1. The van der Waals surface area contributed by atoms with Gasteiger partial charge >= 0.3 is 0 Å². The van der Waals surface area contributed by atoms with Gasteiger partial charge in [0.1, 0.15) is 5.75 Å². The molecule has 4 nitrogen and oxygen atoms in total. The quantitative estimate of drug-likeness (QED) is 0.822. The van der Waals surface area contributed by atoms with Gasteiger partial charge in [0.25, 0.3) is 5.91 Å². The van der Waals surface area contributed by atoms with Crippen LogP contribution in [0.25, 0.3) is 0 Å². The van der Waals surface area contributed by atoms with E-state index in [4.69, 9.17) is 5.73 Å². The van der Waals surface area contributed by atoms with Gasteiger partial charge in [0, 0.05) is 24.7 Å². The summed E-state index contributed by atoms with van der Waals surface area (Å²) in [5, 5.41) is 9.55. The van der Waals surface area contributed by atoms with Crippen molar-refractivity contribution < 1.29 is 9.90 Å². The average Bonchev–Trinajstić information content (AvgIpc) is 2.84. The largest absolute Gasteiger partial charge is 0.508 e. The highest BCUT2D eigenvalue weighted by Gasteiger charge is 2.38. The number of carbonyl (C=O) groups is 1. The topological polar surface area (TPSA) is 66.6 Å². The van der Waals surface area contributed by atoms with Crippen molar-refractivity contribution >= 4 is 5.91 Å². The Morgan fingerprint density at radius 1 is 1.30 bits per heavy atom. The number of benzene rings is 1. The van der Waals surface area contributed by atoms with Gasteiger partial charge in [0.05, 0.1) is 0 Å². The molecule has 3 N–H and O–H groups in total. The van der Waals surface area contributed by atoms with Crippen LogP contribution in [0, 0.1) is 18.8 Å². The van der Waals surface area contributed by atoms with Crippen molar-refractivity contribution in [2.45, 2.75) is 32.2 Å². The molecule has 1 amide bonds. The predicted molar refractivity (Wildman–Crippen MR) is 77.6 cm³/mol. The van der Waals surface area contributed by atoms with Crippen LogP contribution in [0.4, 0.5) is 0 Å². The van der Waals surface area contributed by atoms with Crippen LogP contribution in [0.3, 0.4) is 0 Å². The summed E-state index contributed by atoms with van der Waals surface area (Å²) in [6.45, 7) is 3.50. The van der Waals surface area contributed by atoms with Gasteiger partial charge < -0.3 is 15.7 Å². The molecule has 2 fully saturated rings. The molecular weight excluding hydrogens is 252 g/mol. The second kappa shape index (κ2) is 5.09. The molecule has 0 spiro atoms. The van der Waals surface area contributed by atoms with Crippen LogP contribution in [0.2, 0.25) is 0 Å². The molecule has 2 aliphatic rings. The molecule has 3 atom stereocenters. The van der Waals surface area contributed by atoms with Crippen molar-refractivity contribution in [1.82, 2.24) is 4.90 Å². The Labute approximate surface area is 119 Å². The van der Waals surface area contributed by atoms with E-state index in [0.717, 1.165) is 37.9 Å². The van der Waals surface area contributed by atoms with Crippen LogP contribution in [0.1, 0.15) is 35.2 Å². The highest BCUT2D eigenvalue weighted by molar-refractivity contribution is 5.94. The van der Waals surface area contributed by atoms with E-state index >= 15 is 0 Å². The summed E-state index contributed by atoms with van der Waals surface area (Å²) in [6, 6.07) is 5.38. The van der Waals surface area contributed by atoms with Gasteiger partial charge in [-0.25, -0.2) is 0 Å². The number of aryl methyl sites for hydroxylation is 1. The maximum Gasteiger partial charge on any atom is 0.253 e. The monoisotopic (exact) mass is 274 g/mol. The van der Waals surface area contributed by atoms with E-state index < -0.39 is 0 Å². The molecule has 3 rings (SSSR count). The number of phenols is 1. The van der Waals surface area contributed by atoms with Crippen molar-refractivity contribution in [1.29, 1.82) is 0 Å². The highest BCUT2D eigenvalue weighted by Crippen LogP contribution is 2.36.